The second kappa shape index (κ2) is 8.98. The number of furan rings is 1. The lowest BCUT2D eigenvalue weighted by Gasteiger charge is -2.14. The maximum absolute atomic E-state index is 12.9. The number of carbonyl (C=O) groups excluding carboxylic acids is 1. The van der Waals surface area contributed by atoms with Crippen molar-refractivity contribution >= 4 is 67.8 Å². The highest BCUT2D eigenvalue weighted by atomic mass is 79.9. The van der Waals surface area contributed by atoms with Crippen LogP contribution in [0.4, 0.5) is 0 Å². The fourth-order valence-electron chi connectivity index (χ4n) is 2.91. The van der Waals surface area contributed by atoms with Crippen molar-refractivity contribution in [1.29, 1.82) is 0 Å². The highest BCUT2D eigenvalue weighted by molar-refractivity contribution is 9.10. The second-order valence-corrected chi connectivity index (χ2v) is 9.38. The molecule has 0 radical (unpaired) electrons. The number of methoxy groups -OCH3 is 1. The molecule has 0 bridgehead atoms. The molecular weight excluding hydrogens is 506 g/mol. The van der Waals surface area contributed by atoms with Crippen LogP contribution in [0.1, 0.15) is 11.3 Å². The molecule has 0 N–H and O–H groups in total. The fraction of sp³-hybridized carbons (Fsp3) is 0.0909. The van der Waals surface area contributed by atoms with Crippen LogP contribution in [0.5, 0.6) is 5.75 Å². The minimum atomic E-state index is -0.134. The number of thiocarbonyl (C=S) groups is 1. The summed E-state index contributed by atoms with van der Waals surface area (Å²) in [6.07, 6.45) is 1.72. The molecule has 0 atom stereocenters. The van der Waals surface area contributed by atoms with Crippen molar-refractivity contribution in [3.05, 3.63) is 80.3 Å². The molecule has 1 fully saturated rings. The van der Waals surface area contributed by atoms with E-state index in [0.29, 0.717) is 32.3 Å². The van der Waals surface area contributed by atoms with Gasteiger partial charge in [0.05, 0.1) is 23.6 Å². The van der Waals surface area contributed by atoms with E-state index in [2.05, 4.69) is 15.9 Å². The Labute approximate surface area is 197 Å². The number of rotatable bonds is 5. The molecule has 4 nitrogen and oxygen atoms in total. The summed E-state index contributed by atoms with van der Waals surface area (Å²) in [5, 5.41) is 0.602. The summed E-state index contributed by atoms with van der Waals surface area (Å²) in [7, 11) is 1.62. The van der Waals surface area contributed by atoms with Crippen LogP contribution in [0.2, 0.25) is 5.02 Å². The molecule has 1 saturated heterocycles. The molecule has 8 heteroatoms. The molecule has 0 spiro atoms. The Morgan fingerprint density at radius 2 is 1.97 bits per heavy atom. The van der Waals surface area contributed by atoms with Crippen molar-refractivity contribution in [2.75, 3.05) is 7.11 Å². The average molecular weight is 521 g/mol. The third-order valence-electron chi connectivity index (χ3n) is 4.48. The summed E-state index contributed by atoms with van der Waals surface area (Å²) < 4.78 is 12.4. The van der Waals surface area contributed by atoms with Crippen LogP contribution in [-0.2, 0) is 11.3 Å². The van der Waals surface area contributed by atoms with Gasteiger partial charge in [-0.05, 0) is 57.9 Å². The van der Waals surface area contributed by atoms with Gasteiger partial charge in [-0.3, -0.25) is 9.69 Å². The standard InChI is InChI=1S/C22H15BrClNO3S2/c1-27-15-5-2-13(3-6-15)12-25-21(26)20(30-22(25)29)11-16-7-9-19(28-16)14-4-8-17(23)18(24)10-14/h2-11H,12H2,1H3/b20-11+. The third kappa shape index (κ3) is 4.49. The molecular formula is C22H15BrClNO3S2. The molecule has 0 aliphatic carbocycles. The number of halogens is 2. The summed E-state index contributed by atoms with van der Waals surface area (Å²) in [6, 6.07) is 16.8. The molecule has 4 rings (SSSR count). The zero-order chi connectivity index (χ0) is 21.3. The summed E-state index contributed by atoms with van der Waals surface area (Å²) in [4.78, 5) is 15.0. The van der Waals surface area contributed by atoms with Crippen molar-refractivity contribution in [2.45, 2.75) is 6.54 Å². The van der Waals surface area contributed by atoms with E-state index in [4.69, 9.17) is 33.0 Å². The van der Waals surface area contributed by atoms with E-state index < -0.39 is 0 Å². The van der Waals surface area contributed by atoms with Gasteiger partial charge in [-0.2, -0.15) is 0 Å². The fourth-order valence-corrected chi connectivity index (χ4v) is 4.58. The van der Waals surface area contributed by atoms with Gasteiger partial charge < -0.3 is 9.15 Å². The van der Waals surface area contributed by atoms with E-state index in [1.54, 1.807) is 18.1 Å². The number of thioether (sulfide) groups is 1. The topological polar surface area (TPSA) is 42.7 Å². The number of hydrogen-bond acceptors (Lipinski definition) is 5. The van der Waals surface area contributed by atoms with Crippen LogP contribution in [0, 0.1) is 0 Å². The number of ether oxygens (including phenoxy) is 1. The van der Waals surface area contributed by atoms with Crippen molar-refractivity contribution in [2.24, 2.45) is 0 Å². The molecule has 0 saturated carbocycles. The van der Waals surface area contributed by atoms with Crippen LogP contribution in [0.3, 0.4) is 0 Å². The lowest BCUT2D eigenvalue weighted by atomic mass is 10.2. The Balaban J connectivity index is 1.51. The van der Waals surface area contributed by atoms with Gasteiger partial charge >= 0.3 is 0 Å². The zero-order valence-corrected chi connectivity index (χ0v) is 19.7. The van der Waals surface area contributed by atoms with Crippen LogP contribution >= 0.6 is 51.5 Å². The van der Waals surface area contributed by atoms with E-state index >= 15 is 0 Å². The lowest BCUT2D eigenvalue weighted by molar-refractivity contribution is -0.122. The van der Waals surface area contributed by atoms with E-state index in [0.717, 1.165) is 21.3 Å². The van der Waals surface area contributed by atoms with Gasteiger partial charge in [0.25, 0.3) is 5.91 Å². The molecule has 1 aliphatic rings. The minimum Gasteiger partial charge on any atom is -0.497 e. The third-order valence-corrected chi connectivity index (χ3v) is 7.09. The second-order valence-electron chi connectivity index (χ2n) is 6.45. The first-order valence-corrected chi connectivity index (χ1v) is 11.3. The van der Waals surface area contributed by atoms with E-state index in [1.807, 2.05) is 54.6 Å². The molecule has 1 aromatic heterocycles. The summed E-state index contributed by atoms with van der Waals surface area (Å²) in [5.41, 5.74) is 1.83. The quantitative estimate of drug-likeness (QED) is 0.274. The summed E-state index contributed by atoms with van der Waals surface area (Å²) in [5.74, 6) is 1.88. The van der Waals surface area contributed by atoms with Crippen LogP contribution in [0.15, 0.2) is 68.4 Å². The van der Waals surface area contributed by atoms with Gasteiger partial charge in [0.15, 0.2) is 0 Å². The minimum absolute atomic E-state index is 0.134. The van der Waals surface area contributed by atoms with Gasteiger partial charge in [0.1, 0.15) is 21.6 Å². The first-order valence-electron chi connectivity index (χ1n) is 8.88. The van der Waals surface area contributed by atoms with Gasteiger partial charge in [-0.15, -0.1) is 0 Å². The lowest BCUT2D eigenvalue weighted by Crippen LogP contribution is -2.27. The zero-order valence-electron chi connectivity index (χ0n) is 15.7. The molecule has 152 valence electrons. The summed E-state index contributed by atoms with van der Waals surface area (Å²) in [6.45, 7) is 0.410. The Hall–Kier alpha value is -2.06. The van der Waals surface area contributed by atoms with Gasteiger partial charge in [-0.25, -0.2) is 0 Å². The van der Waals surface area contributed by atoms with Gasteiger partial charge in [0.2, 0.25) is 0 Å². The highest BCUT2D eigenvalue weighted by Gasteiger charge is 2.32. The largest absolute Gasteiger partial charge is 0.497 e. The Kier molecular flexibility index (Phi) is 6.34. The molecule has 0 unspecified atom stereocenters. The molecule has 1 amide bonds. The Morgan fingerprint density at radius 1 is 1.20 bits per heavy atom. The predicted molar refractivity (Wildman–Crippen MR) is 129 cm³/mol. The number of amides is 1. The molecule has 30 heavy (non-hydrogen) atoms. The number of nitrogens with zero attached hydrogens (tertiary/aromatic N) is 1. The van der Waals surface area contributed by atoms with Crippen molar-refractivity contribution < 1.29 is 13.9 Å². The van der Waals surface area contributed by atoms with Crippen molar-refractivity contribution in [3.63, 3.8) is 0 Å². The van der Waals surface area contributed by atoms with Crippen LogP contribution in [0.25, 0.3) is 17.4 Å². The van der Waals surface area contributed by atoms with Crippen molar-refractivity contribution in [1.82, 2.24) is 4.90 Å². The monoisotopic (exact) mass is 519 g/mol. The Bertz CT molecular complexity index is 1160. The van der Waals surface area contributed by atoms with E-state index in [1.165, 1.54) is 11.8 Å². The van der Waals surface area contributed by atoms with Crippen LogP contribution in [-0.4, -0.2) is 22.2 Å². The maximum Gasteiger partial charge on any atom is 0.266 e. The van der Waals surface area contributed by atoms with Crippen LogP contribution < -0.4 is 4.74 Å². The molecule has 3 aromatic rings. The van der Waals surface area contributed by atoms with Gasteiger partial charge in [0, 0.05) is 16.1 Å². The average Bonchev–Trinajstić information content (AvgIpc) is 3.31. The molecule has 1 aliphatic heterocycles. The predicted octanol–water partition coefficient (Wildman–Crippen LogP) is 6.77. The first-order chi connectivity index (χ1) is 14.4. The van der Waals surface area contributed by atoms with Crippen molar-refractivity contribution in [3.8, 4) is 17.1 Å². The normalized spacial score (nSPS) is 15.3. The smallest absolute Gasteiger partial charge is 0.266 e. The Morgan fingerprint density at radius 3 is 2.67 bits per heavy atom. The number of carbonyl (C=O) groups is 1. The van der Waals surface area contributed by atoms with E-state index in [-0.39, 0.29) is 5.91 Å². The van der Waals surface area contributed by atoms with Gasteiger partial charge in [-0.1, -0.05) is 53.8 Å². The van der Waals surface area contributed by atoms with E-state index in [9.17, 15) is 4.79 Å². The molecule has 2 heterocycles. The summed E-state index contributed by atoms with van der Waals surface area (Å²) >= 11 is 16.2. The molecule has 2 aromatic carbocycles. The maximum atomic E-state index is 12.9. The number of hydrogen-bond donors (Lipinski definition) is 0. The first kappa shape index (κ1) is 21.2. The SMILES string of the molecule is COc1ccc(CN2C(=O)/C(=C\c3ccc(-c4ccc(Br)c(Cl)c4)o3)SC2=S)cc1. The number of benzene rings is 2. The highest BCUT2D eigenvalue weighted by Crippen LogP contribution is 2.35.